The lowest BCUT2D eigenvalue weighted by molar-refractivity contribution is 0.0952. The topological polar surface area (TPSA) is 74.8 Å². The molecule has 0 unspecified atom stereocenters. The van der Waals surface area contributed by atoms with E-state index in [1.165, 1.54) is 0 Å². The quantitative estimate of drug-likeness (QED) is 0.902. The predicted octanol–water partition coefficient (Wildman–Crippen LogP) is 1.11. The summed E-state index contributed by atoms with van der Waals surface area (Å²) in [5.74, 6) is 0.537. The third-order valence-corrected chi connectivity index (χ3v) is 3.47. The van der Waals surface area contributed by atoms with Crippen molar-refractivity contribution < 1.29 is 14.3 Å². The van der Waals surface area contributed by atoms with Crippen molar-refractivity contribution in [3.05, 3.63) is 23.9 Å². The maximum absolute atomic E-state index is 12.1. The molecular weight excluding hydrogens is 284 g/mol. The minimum absolute atomic E-state index is 0.126. The van der Waals surface area contributed by atoms with Crippen LogP contribution in [0.4, 0.5) is 10.6 Å². The Kier molecular flexibility index (Phi) is 5.57. The molecule has 0 bridgehead atoms. The molecule has 0 spiro atoms. The number of amides is 2. The number of nitrogens with zero attached hydrogens (tertiary/aromatic N) is 3. The highest BCUT2D eigenvalue weighted by atomic mass is 16.6. The molecule has 2 amide bonds. The molecule has 2 rings (SSSR count). The Bertz CT molecular complexity index is 527. The third-order valence-electron chi connectivity index (χ3n) is 3.47. The van der Waals surface area contributed by atoms with Crippen LogP contribution in [0.5, 0.6) is 0 Å². The van der Waals surface area contributed by atoms with Gasteiger partial charge in [-0.1, -0.05) is 0 Å². The van der Waals surface area contributed by atoms with Crippen LogP contribution < -0.4 is 10.2 Å². The Morgan fingerprint density at radius 2 is 2.00 bits per heavy atom. The van der Waals surface area contributed by atoms with Crippen LogP contribution in [0.1, 0.15) is 24.2 Å². The normalized spacial score (nSPS) is 14.6. The maximum atomic E-state index is 12.1. The molecule has 0 aliphatic carbocycles. The van der Waals surface area contributed by atoms with Crippen LogP contribution in [0.25, 0.3) is 0 Å². The summed E-state index contributed by atoms with van der Waals surface area (Å²) in [6.45, 7) is 7.00. The predicted molar refractivity (Wildman–Crippen MR) is 83.1 cm³/mol. The van der Waals surface area contributed by atoms with Gasteiger partial charge in [-0.05, 0) is 26.0 Å². The molecule has 1 saturated heterocycles. The van der Waals surface area contributed by atoms with Gasteiger partial charge in [0.05, 0.1) is 12.2 Å². The number of carbonyl (C=O) groups is 2. The van der Waals surface area contributed by atoms with Crippen LogP contribution in [0.15, 0.2) is 18.3 Å². The van der Waals surface area contributed by atoms with Gasteiger partial charge in [0.25, 0.3) is 5.91 Å². The van der Waals surface area contributed by atoms with Gasteiger partial charge in [0.1, 0.15) is 5.82 Å². The van der Waals surface area contributed by atoms with E-state index >= 15 is 0 Å². The average molecular weight is 306 g/mol. The monoisotopic (exact) mass is 306 g/mol. The highest BCUT2D eigenvalue weighted by Crippen LogP contribution is 2.19. The van der Waals surface area contributed by atoms with Crippen LogP contribution in [-0.2, 0) is 4.74 Å². The fraction of sp³-hybridized carbons (Fsp3) is 0.533. The first-order chi connectivity index (χ1) is 10.7. The van der Waals surface area contributed by atoms with Crippen LogP contribution in [0.3, 0.4) is 0 Å². The third kappa shape index (κ3) is 3.66. The second kappa shape index (κ2) is 7.63. The van der Waals surface area contributed by atoms with E-state index in [1.807, 2.05) is 11.8 Å². The summed E-state index contributed by atoms with van der Waals surface area (Å²) in [6.07, 6.45) is 1.39. The van der Waals surface area contributed by atoms with Crippen molar-refractivity contribution in [3.8, 4) is 0 Å². The van der Waals surface area contributed by atoms with E-state index in [4.69, 9.17) is 4.74 Å². The number of aromatic nitrogens is 1. The molecule has 0 atom stereocenters. The molecule has 7 nitrogen and oxygen atoms in total. The Morgan fingerprint density at radius 3 is 2.64 bits per heavy atom. The Hall–Kier alpha value is -2.31. The van der Waals surface area contributed by atoms with Gasteiger partial charge in [0.2, 0.25) is 0 Å². The summed E-state index contributed by atoms with van der Waals surface area (Å²) in [5, 5.41) is 2.79. The van der Waals surface area contributed by atoms with Gasteiger partial charge in [-0.2, -0.15) is 0 Å². The number of anilines is 1. The van der Waals surface area contributed by atoms with Crippen molar-refractivity contribution in [2.24, 2.45) is 0 Å². The standard InChI is InChI=1S/C15H22N4O3/c1-3-16-14(20)12-6-5-7-17-13(12)18-8-10-19(11-9-18)15(21)22-4-2/h5-7H,3-4,8-11H2,1-2H3,(H,16,20). The maximum Gasteiger partial charge on any atom is 0.409 e. The largest absolute Gasteiger partial charge is 0.450 e. The first-order valence-electron chi connectivity index (χ1n) is 7.57. The number of pyridine rings is 1. The van der Waals surface area contributed by atoms with Crippen molar-refractivity contribution in [3.63, 3.8) is 0 Å². The van der Waals surface area contributed by atoms with Crippen LogP contribution in [0, 0.1) is 0 Å². The lowest BCUT2D eigenvalue weighted by atomic mass is 10.2. The number of hydrogen-bond acceptors (Lipinski definition) is 5. The molecule has 2 heterocycles. The molecule has 1 aliphatic heterocycles. The fourth-order valence-corrected chi connectivity index (χ4v) is 2.40. The Balaban J connectivity index is 2.05. The molecule has 1 aromatic rings. The van der Waals surface area contributed by atoms with E-state index in [0.29, 0.717) is 50.7 Å². The Labute approximate surface area is 130 Å². The van der Waals surface area contributed by atoms with Crippen molar-refractivity contribution >= 4 is 17.8 Å². The van der Waals surface area contributed by atoms with E-state index in [1.54, 1.807) is 30.2 Å². The molecule has 1 aliphatic rings. The summed E-state index contributed by atoms with van der Waals surface area (Å²) in [5.41, 5.74) is 0.564. The molecule has 0 aromatic carbocycles. The molecule has 7 heteroatoms. The van der Waals surface area contributed by atoms with Crippen molar-refractivity contribution in [2.75, 3.05) is 44.2 Å². The highest BCUT2D eigenvalue weighted by molar-refractivity contribution is 5.98. The number of piperazine rings is 1. The minimum Gasteiger partial charge on any atom is -0.450 e. The minimum atomic E-state index is -0.285. The van der Waals surface area contributed by atoms with E-state index in [0.717, 1.165) is 0 Å². The van der Waals surface area contributed by atoms with Gasteiger partial charge in [0.15, 0.2) is 0 Å². The summed E-state index contributed by atoms with van der Waals surface area (Å²) < 4.78 is 5.00. The van der Waals surface area contributed by atoms with Gasteiger partial charge in [-0.15, -0.1) is 0 Å². The fourth-order valence-electron chi connectivity index (χ4n) is 2.40. The van der Waals surface area contributed by atoms with E-state index in [-0.39, 0.29) is 12.0 Å². The lowest BCUT2D eigenvalue weighted by Gasteiger charge is -2.35. The van der Waals surface area contributed by atoms with E-state index in [2.05, 4.69) is 10.3 Å². The number of ether oxygens (including phenoxy) is 1. The van der Waals surface area contributed by atoms with Crippen molar-refractivity contribution in [1.29, 1.82) is 0 Å². The molecule has 0 saturated carbocycles. The van der Waals surface area contributed by atoms with E-state index < -0.39 is 0 Å². The summed E-state index contributed by atoms with van der Waals surface area (Å²) >= 11 is 0. The van der Waals surface area contributed by atoms with Crippen LogP contribution >= 0.6 is 0 Å². The smallest absolute Gasteiger partial charge is 0.409 e. The van der Waals surface area contributed by atoms with Gasteiger partial charge >= 0.3 is 6.09 Å². The molecule has 1 N–H and O–H groups in total. The first-order valence-corrected chi connectivity index (χ1v) is 7.57. The molecule has 22 heavy (non-hydrogen) atoms. The van der Waals surface area contributed by atoms with Gasteiger partial charge in [-0.3, -0.25) is 4.79 Å². The van der Waals surface area contributed by atoms with Crippen LogP contribution in [-0.4, -0.2) is 61.2 Å². The zero-order valence-electron chi connectivity index (χ0n) is 13.0. The SMILES string of the molecule is CCNC(=O)c1cccnc1N1CCN(C(=O)OCC)CC1. The highest BCUT2D eigenvalue weighted by Gasteiger charge is 2.25. The van der Waals surface area contributed by atoms with E-state index in [9.17, 15) is 9.59 Å². The van der Waals surface area contributed by atoms with Gasteiger partial charge in [-0.25, -0.2) is 9.78 Å². The number of nitrogens with one attached hydrogen (secondary N) is 1. The van der Waals surface area contributed by atoms with Gasteiger partial charge in [0, 0.05) is 38.9 Å². The summed E-state index contributed by atoms with van der Waals surface area (Å²) in [7, 11) is 0. The van der Waals surface area contributed by atoms with Crippen LogP contribution in [0.2, 0.25) is 0 Å². The number of hydrogen-bond donors (Lipinski definition) is 1. The second-order valence-electron chi connectivity index (χ2n) is 4.91. The first kappa shape index (κ1) is 16.1. The lowest BCUT2D eigenvalue weighted by Crippen LogP contribution is -2.49. The zero-order valence-corrected chi connectivity index (χ0v) is 13.0. The number of rotatable bonds is 4. The molecule has 1 aromatic heterocycles. The summed E-state index contributed by atoms with van der Waals surface area (Å²) in [4.78, 5) is 31.9. The van der Waals surface area contributed by atoms with Crippen molar-refractivity contribution in [2.45, 2.75) is 13.8 Å². The molecule has 1 fully saturated rings. The molecular formula is C15H22N4O3. The number of carbonyl (C=O) groups excluding carboxylic acids is 2. The molecule has 120 valence electrons. The second-order valence-corrected chi connectivity index (χ2v) is 4.91. The zero-order chi connectivity index (χ0) is 15.9. The van der Waals surface area contributed by atoms with Gasteiger partial charge < -0.3 is 19.9 Å². The van der Waals surface area contributed by atoms with Crippen molar-refractivity contribution in [1.82, 2.24) is 15.2 Å². The average Bonchev–Trinajstić information content (AvgIpc) is 2.55. The Morgan fingerprint density at radius 1 is 1.27 bits per heavy atom. The molecule has 0 radical (unpaired) electrons. The summed E-state index contributed by atoms with van der Waals surface area (Å²) in [6, 6.07) is 3.52.